The van der Waals surface area contributed by atoms with Crippen LogP contribution in [0.25, 0.3) is 0 Å². The lowest BCUT2D eigenvalue weighted by molar-refractivity contribution is 0.0946. The molecule has 0 saturated carbocycles. The normalized spacial score (nSPS) is 10.9. The molecule has 0 unspecified atom stereocenters. The third-order valence-corrected chi connectivity index (χ3v) is 2.98. The summed E-state index contributed by atoms with van der Waals surface area (Å²) in [6, 6.07) is 3.00. The number of halogens is 2. The molecule has 1 aromatic carbocycles. The van der Waals surface area contributed by atoms with Crippen LogP contribution in [0.5, 0.6) is 5.75 Å². The van der Waals surface area contributed by atoms with Gasteiger partial charge in [0.2, 0.25) is 11.5 Å². The molecular formula is C10H7BrClN5O3. The van der Waals surface area contributed by atoms with E-state index in [-0.39, 0.29) is 17.3 Å². The predicted molar refractivity (Wildman–Crippen MR) is 74.6 cm³/mol. The van der Waals surface area contributed by atoms with Crippen molar-refractivity contribution in [1.82, 2.24) is 15.7 Å². The van der Waals surface area contributed by atoms with Gasteiger partial charge in [-0.3, -0.25) is 4.79 Å². The fourth-order valence-corrected chi connectivity index (χ4v) is 2.08. The van der Waals surface area contributed by atoms with E-state index in [1.807, 2.05) is 0 Å². The quantitative estimate of drug-likeness (QED) is 0.563. The summed E-state index contributed by atoms with van der Waals surface area (Å²) >= 11 is 8.96. The molecule has 1 heterocycles. The number of nitrogens with two attached hydrogens (primary N) is 1. The van der Waals surface area contributed by atoms with E-state index in [2.05, 4.69) is 41.4 Å². The Hall–Kier alpha value is -2.13. The number of phenols is 1. The molecule has 0 aliphatic carbocycles. The van der Waals surface area contributed by atoms with Gasteiger partial charge in [0, 0.05) is 10.6 Å². The minimum Gasteiger partial charge on any atom is -0.506 e. The van der Waals surface area contributed by atoms with Gasteiger partial charge in [-0.05, 0) is 38.4 Å². The average Bonchev–Trinajstić information content (AvgIpc) is 2.81. The number of hydrogen-bond acceptors (Lipinski definition) is 7. The van der Waals surface area contributed by atoms with Gasteiger partial charge >= 0.3 is 0 Å². The van der Waals surface area contributed by atoms with Crippen LogP contribution in [-0.4, -0.2) is 27.5 Å². The molecule has 104 valence electrons. The highest BCUT2D eigenvalue weighted by Gasteiger charge is 2.15. The lowest BCUT2D eigenvalue weighted by Crippen LogP contribution is -2.19. The van der Waals surface area contributed by atoms with E-state index in [1.165, 1.54) is 18.3 Å². The van der Waals surface area contributed by atoms with E-state index in [9.17, 15) is 9.90 Å². The number of benzene rings is 1. The number of nitrogens with one attached hydrogen (secondary N) is 1. The first kappa shape index (κ1) is 14.3. The van der Waals surface area contributed by atoms with E-state index in [4.69, 9.17) is 17.3 Å². The molecule has 0 aliphatic rings. The second-order valence-corrected chi connectivity index (χ2v) is 4.81. The second-order valence-electron chi connectivity index (χ2n) is 3.52. The van der Waals surface area contributed by atoms with Gasteiger partial charge in [0.15, 0.2) is 0 Å². The number of aromatic hydroxyl groups is 1. The van der Waals surface area contributed by atoms with E-state index >= 15 is 0 Å². The number of amides is 1. The number of rotatable bonds is 3. The van der Waals surface area contributed by atoms with Crippen molar-refractivity contribution in [3.05, 3.63) is 32.9 Å². The maximum atomic E-state index is 11.6. The summed E-state index contributed by atoms with van der Waals surface area (Å²) in [4.78, 5) is 11.6. The third-order valence-electron chi connectivity index (χ3n) is 2.16. The van der Waals surface area contributed by atoms with E-state index in [1.54, 1.807) is 0 Å². The molecule has 8 nitrogen and oxygen atoms in total. The van der Waals surface area contributed by atoms with Crippen LogP contribution in [-0.2, 0) is 0 Å². The molecule has 0 fully saturated rings. The molecule has 20 heavy (non-hydrogen) atoms. The number of hydrogen-bond donors (Lipinski definition) is 3. The Labute approximate surface area is 125 Å². The zero-order valence-corrected chi connectivity index (χ0v) is 12.0. The Morgan fingerprint density at radius 3 is 2.95 bits per heavy atom. The highest BCUT2D eigenvalue weighted by molar-refractivity contribution is 9.10. The Balaban J connectivity index is 2.11. The first-order valence-corrected chi connectivity index (χ1v) is 6.25. The molecule has 1 amide bonds. The number of nitrogen functional groups attached to an aromatic ring is 1. The Bertz CT molecular complexity index is 688. The number of aromatic nitrogens is 2. The molecule has 0 atom stereocenters. The van der Waals surface area contributed by atoms with Crippen molar-refractivity contribution in [2.24, 2.45) is 5.10 Å². The van der Waals surface area contributed by atoms with Gasteiger partial charge in [-0.25, -0.2) is 10.1 Å². The summed E-state index contributed by atoms with van der Waals surface area (Å²) in [7, 11) is 0. The Morgan fingerprint density at radius 2 is 2.30 bits per heavy atom. The monoisotopic (exact) mass is 359 g/mol. The molecule has 0 spiro atoms. The van der Waals surface area contributed by atoms with E-state index in [0.717, 1.165) is 0 Å². The molecule has 2 aromatic rings. The minimum atomic E-state index is -0.694. The lowest BCUT2D eigenvalue weighted by atomic mass is 10.2. The number of nitrogens with zero attached hydrogens (tertiary/aromatic N) is 3. The molecule has 0 radical (unpaired) electrons. The van der Waals surface area contributed by atoms with Crippen LogP contribution in [0, 0.1) is 0 Å². The van der Waals surface area contributed by atoms with E-state index in [0.29, 0.717) is 15.1 Å². The average molecular weight is 361 g/mol. The van der Waals surface area contributed by atoms with Gasteiger partial charge in [-0.2, -0.15) is 5.10 Å². The summed E-state index contributed by atoms with van der Waals surface area (Å²) in [6.45, 7) is 0. The number of carbonyl (C=O) groups is 1. The van der Waals surface area contributed by atoms with Gasteiger partial charge in [-0.1, -0.05) is 11.6 Å². The van der Waals surface area contributed by atoms with Crippen molar-refractivity contribution in [3.63, 3.8) is 0 Å². The molecule has 10 heteroatoms. The lowest BCUT2D eigenvalue weighted by Gasteiger charge is -2.02. The van der Waals surface area contributed by atoms with Crippen molar-refractivity contribution < 1.29 is 14.5 Å². The largest absolute Gasteiger partial charge is 0.506 e. The number of carbonyl (C=O) groups excluding carboxylic acids is 1. The molecule has 4 N–H and O–H groups in total. The van der Waals surface area contributed by atoms with Gasteiger partial charge < -0.3 is 10.8 Å². The van der Waals surface area contributed by atoms with Crippen molar-refractivity contribution in [3.8, 4) is 5.75 Å². The van der Waals surface area contributed by atoms with Crippen LogP contribution in [0.2, 0.25) is 5.02 Å². The summed E-state index contributed by atoms with van der Waals surface area (Å²) in [5.41, 5.74) is 7.64. The number of phenolic OH excluding ortho intramolecular Hbond substituents is 1. The first-order chi connectivity index (χ1) is 9.49. The van der Waals surface area contributed by atoms with Crippen LogP contribution in [0.3, 0.4) is 0 Å². The molecule has 1 aromatic heterocycles. The summed E-state index contributed by atoms with van der Waals surface area (Å²) < 4.78 is 4.69. The third kappa shape index (κ3) is 3.06. The zero-order chi connectivity index (χ0) is 14.7. The van der Waals surface area contributed by atoms with Crippen molar-refractivity contribution >= 4 is 45.5 Å². The summed E-state index contributed by atoms with van der Waals surface area (Å²) in [5, 5.41) is 20.4. The van der Waals surface area contributed by atoms with Crippen molar-refractivity contribution in [1.29, 1.82) is 0 Å². The van der Waals surface area contributed by atoms with Gasteiger partial charge in [0.05, 0.1) is 10.7 Å². The van der Waals surface area contributed by atoms with Gasteiger partial charge in [0.25, 0.3) is 5.91 Å². The van der Waals surface area contributed by atoms with Crippen LogP contribution < -0.4 is 11.2 Å². The zero-order valence-electron chi connectivity index (χ0n) is 9.67. The summed E-state index contributed by atoms with van der Waals surface area (Å²) in [6.07, 6.45) is 1.22. The molecule has 2 rings (SSSR count). The maximum absolute atomic E-state index is 11.6. The number of anilines is 1. The molecular weight excluding hydrogens is 353 g/mol. The van der Waals surface area contributed by atoms with Crippen LogP contribution in [0.15, 0.2) is 26.3 Å². The van der Waals surface area contributed by atoms with Crippen LogP contribution >= 0.6 is 27.5 Å². The molecule has 0 aliphatic heterocycles. The Morgan fingerprint density at radius 1 is 1.55 bits per heavy atom. The number of hydrazone groups is 1. The maximum Gasteiger partial charge on any atom is 0.297 e. The molecule has 0 saturated heterocycles. The van der Waals surface area contributed by atoms with Crippen molar-refractivity contribution in [2.75, 3.05) is 5.73 Å². The SMILES string of the molecule is Nc1nonc1C(=O)NN=Cc1cc(Cl)cc(Br)c1O. The van der Waals surface area contributed by atoms with Crippen molar-refractivity contribution in [2.45, 2.75) is 0 Å². The highest BCUT2D eigenvalue weighted by atomic mass is 79.9. The van der Waals surface area contributed by atoms with Crippen LogP contribution in [0.4, 0.5) is 5.82 Å². The molecule has 0 bridgehead atoms. The minimum absolute atomic E-state index is 0.0602. The topological polar surface area (TPSA) is 127 Å². The van der Waals surface area contributed by atoms with Gasteiger partial charge in [-0.15, -0.1) is 0 Å². The highest BCUT2D eigenvalue weighted by Crippen LogP contribution is 2.30. The van der Waals surface area contributed by atoms with Crippen LogP contribution in [0.1, 0.15) is 16.1 Å². The summed E-state index contributed by atoms with van der Waals surface area (Å²) in [5.74, 6) is -0.901. The smallest absolute Gasteiger partial charge is 0.297 e. The second kappa shape index (κ2) is 5.88. The fourth-order valence-electron chi connectivity index (χ4n) is 1.25. The Kier molecular flexibility index (Phi) is 4.20. The standard InChI is InChI=1S/C10H7BrClN5O3/c11-6-2-5(12)1-4(8(6)18)3-14-15-10(19)7-9(13)17-20-16-7/h1-3,18H,(H2,13,17)(H,15,19). The predicted octanol–water partition coefficient (Wildman–Crippen LogP) is 1.54. The van der Waals surface area contributed by atoms with E-state index < -0.39 is 5.91 Å². The fraction of sp³-hybridized carbons (Fsp3) is 0. The van der Waals surface area contributed by atoms with Gasteiger partial charge in [0.1, 0.15) is 5.75 Å². The first-order valence-electron chi connectivity index (χ1n) is 5.08.